The summed E-state index contributed by atoms with van der Waals surface area (Å²) in [5, 5.41) is 26.6. The number of phenolic OH excluding ortho intramolecular Hbond substituents is 1. The molecule has 4 rings (SSSR count). The van der Waals surface area contributed by atoms with Crippen molar-refractivity contribution in [1.82, 2.24) is 0 Å². The van der Waals surface area contributed by atoms with Crippen LogP contribution in [0.3, 0.4) is 0 Å². The normalized spacial score (nSPS) is 24.3. The third-order valence-electron chi connectivity index (χ3n) is 6.19. The molecule has 1 aliphatic rings. The highest BCUT2D eigenvalue weighted by atomic mass is 16.3. The van der Waals surface area contributed by atoms with Crippen LogP contribution in [-0.4, -0.2) is 33.4 Å². The van der Waals surface area contributed by atoms with Gasteiger partial charge in [-0.2, -0.15) is 0 Å². The number of rotatable bonds is 5. The minimum absolute atomic E-state index is 0.00761. The molecule has 4 N–H and O–H groups in total. The minimum Gasteiger partial charge on any atom is -0.508 e. The highest BCUT2D eigenvalue weighted by molar-refractivity contribution is 6.10. The fourth-order valence-corrected chi connectivity index (χ4v) is 4.67. The van der Waals surface area contributed by atoms with Crippen LogP contribution in [0.5, 0.6) is 5.75 Å². The SMILES string of the molecule is CC1(O)CC(=O)C(C(=O)Nc2ccccc2)C(c2ccc(O)cc2)C1C(=O)Nc1ccccc1. The number of amides is 2. The van der Waals surface area contributed by atoms with Gasteiger partial charge in [0.25, 0.3) is 0 Å². The monoisotopic (exact) mass is 458 g/mol. The van der Waals surface area contributed by atoms with Gasteiger partial charge in [-0.1, -0.05) is 48.5 Å². The highest BCUT2D eigenvalue weighted by Gasteiger charge is 2.55. The number of nitrogens with one attached hydrogen (secondary N) is 2. The standard InChI is InChI=1S/C27H26N2O5/c1-27(34)16-21(31)23(25(32)28-18-8-4-2-5-9-18)22(17-12-14-20(30)15-13-17)24(27)26(33)29-19-10-6-3-7-11-19/h2-15,22-24,30,34H,16H2,1H3,(H,28,32)(H,29,33). The molecule has 3 aromatic carbocycles. The van der Waals surface area contributed by atoms with Crippen molar-refractivity contribution < 1.29 is 24.6 Å². The summed E-state index contributed by atoms with van der Waals surface area (Å²) < 4.78 is 0. The van der Waals surface area contributed by atoms with Gasteiger partial charge in [-0.25, -0.2) is 0 Å². The molecule has 0 saturated heterocycles. The molecule has 7 heteroatoms. The van der Waals surface area contributed by atoms with E-state index in [1.165, 1.54) is 19.1 Å². The first-order valence-corrected chi connectivity index (χ1v) is 11.0. The summed E-state index contributed by atoms with van der Waals surface area (Å²) in [4.78, 5) is 40.1. The number of Topliss-reactive ketones (excluding diaryl/α,β-unsaturated/α-hetero) is 1. The van der Waals surface area contributed by atoms with Crippen molar-refractivity contribution >= 4 is 29.0 Å². The van der Waals surface area contributed by atoms with Gasteiger partial charge >= 0.3 is 0 Å². The smallest absolute Gasteiger partial charge is 0.235 e. The first-order valence-electron chi connectivity index (χ1n) is 11.0. The Morgan fingerprint density at radius 3 is 1.85 bits per heavy atom. The number of hydrogen-bond acceptors (Lipinski definition) is 5. The van der Waals surface area contributed by atoms with Crippen LogP contribution < -0.4 is 10.6 Å². The first kappa shape index (κ1) is 23.2. The van der Waals surface area contributed by atoms with Crippen LogP contribution in [0, 0.1) is 11.8 Å². The molecular weight excluding hydrogens is 432 g/mol. The van der Waals surface area contributed by atoms with Crippen LogP contribution in [-0.2, 0) is 14.4 Å². The van der Waals surface area contributed by atoms with Crippen LogP contribution >= 0.6 is 0 Å². The second-order valence-electron chi connectivity index (χ2n) is 8.78. The third kappa shape index (κ3) is 4.84. The lowest BCUT2D eigenvalue weighted by Crippen LogP contribution is -2.56. The van der Waals surface area contributed by atoms with Crippen molar-refractivity contribution in [2.45, 2.75) is 24.9 Å². The Labute approximate surface area is 197 Å². The zero-order valence-electron chi connectivity index (χ0n) is 18.6. The van der Waals surface area contributed by atoms with Gasteiger partial charge in [0, 0.05) is 23.7 Å². The maximum atomic E-state index is 13.5. The Balaban J connectivity index is 1.76. The minimum atomic E-state index is -1.69. The molecule has 0 aromatic heterocycles. The summed E-state index contributed by atoms with van der Waals surface area (Å²) in [7, 11) is 0. The van der Waals surface area contributed by atoms with Crippen LogP contribution in [0.2, 0.25) is 0 Å². The molecule has 174 valence electrons. The summed E-state index contributed by atoms with van der Waals surface area (Å²) in [6.45, 7) is 1.44. The fraction of sp³-hybridized carbons (Fsp3) is 0.222. The molecule has 7 nitrogen and oxygen atoms in total. The molecule has 0 bridgehead atoms. The van der Waals surface area contributed by atoms with Crippen LogP contribution in [0.1, 0.15) is 24.8 Å². The van der Waals surface area contributed by atoms with E-state index in [2.05, 4.69) is 10.6 Å². The number of phenols is 1. The van der Waals surface area contributed by atoms with Crippen molar-refractivity contribution in [2.75, 3.05) is 10.6 Å². The summed E-state index contributed by atoms with van der Waals surface area (Å²) in [5.41, 5.74) is -0.142. The largest absolute Gasteiger partial charge is 0.508 e. The highest BCUT2D eigenvalue weighted by Crippen LogP contribution is 2.46. The molecule has 0 heterocycles. The number of aromatic hydroxyl groups is 1. The lowest BCUT2D eigenvalue weighted by atomic mass is 9.61. The number of para-hydroxylation sites is 2. The molecule has 4 atom stereocenters. The molecular formula is C27H26N2O5. The molecule has 2 amide bonds. The van der Waals surface area contributed by atoms with E-state index < -0.39 is 41.0 Å². The molecule has 0 radical (unpaired) electrons. The average molecular weight is 459 g/mol. The quantitative estimate of drug-likeness (QED) is 0.435. The zero-order valence-corrected chi connectivity index (χ0v) is 18.6. The molecule has 1 saturated carbocycles. The molecule has 34 heavy (non-hydrogen) atoms. The lowest BCUT2D eigenvalue weighted by Gasteiger charge is -2.44. The summed E-state index contributed by atoms with van der Waals surface area (Å²) >= 11 is 0. The Morgan fingerprint density at radius 2 is 1.32 bits per heavy atom. The van der Waals surface area contributed by atoms with E-state index in [0.29, 0.717) is 16.9 Å². The number of hydrogen-bond donors (Lipinski definition) is 4. The van der Waals surface area contributed by atoms with Crippen molar-refractivity contribution in [3.63, 3.8) is 0 Å². The maximum absolute atomic E-state index is 13.5. The van der Waals surface area contributed by atoms with Gasteiger partial charge in [0.05, 0.1) is 11.5 Å². The molecule has 4 unspecified atom stereocenters. The number of anilines is 2. The van der Waals surface area contributed by atoms with Crippen molar-refractivity contribution in [1.29, 1.82) is 0 Å². The van der Waals surface area contributed by atoms with E-state index in [1.807, 2.05) is 12.1 Å². The van der Waals surface area contributed by atoms with Gasteiger partial charge in [-0.05, 0) is 48.9 Å². The number of benzene rings is 3. The van der Waals surface area contributed by atoms with Gasteiger partial charge in [-0.15, -0.1) is 0 Å². The van der Waals surface area contributed by atoms with E-state index >= 15 is 0 Å². The number of aliphatic hydroxyl groups is 1. The van der Waals surface area contributed by atoms with Crippen molar-refractivity contribution in [3.8, 4) is 5.75 Å². The van der Waals surface area contributed by atoms with Crippen molar-refractivity contribution in [2.24, 2.45) is 11.8 Å². The molecule has 0 aliphatic heterocycles. The van der Waals surface area contributed by atoms with Gasteiger partial charge in [-0.3, -0.25) is 14.4 Å². The third-order valence-corrected chi connectivity index (χ3v) is 6.19. The van der Waals surface area contributed by atoms with E-state index in [4.69, 9.17) is 0 Å². The van der Waals surface area contributed by atoms with Gasteiger partial charge < -0.3 is 20.8 Å². The Bertz CT molecular complexity index is 1180. The van der Waals surface area contributed by atoms with Gasteiger partial charge in [0.2, 0.25) is 11.8 Å². The summed E-state index contributed by atoms with van der Waals surface area (Å²) in [6, 6.07) is 23.5. The first-order chi connectivity index (χ1) is 16.3. The van der Waals surface area contributed by atoms with Crippen molar-refractivity contribution in [3.05, 3.63) is 90.5 Å². The van der Waals surface area contributed by atoms with Gasteiger partial charge in [0.1, 0.15) is 17.5 Å². The topological polar surface area (TPSA) is 116 Å². The Hall–Kier alpha value is -3.97. The predicted octanol–water partition coefficient (Wildman–Crippen LogP) is 3.71. The van der Waals surface area contributed by atoms with Crippen LogP contribution in [0.25, 0.3) is 0 Å². The average Bonchev–Trinajstić information content (AvgIpc) is 2.79. The summed E-state index contributed by atoms with van der Waals surface area (Å²) in [5.74, 6) is -4.78. The fourth-order valence-electron chi connectivity index (χ4n) is 4.67. The molecule has 0 spiro atoms. The number of carbonyl (C=O) groups is 3. The second-order valence-corrected chi connectivity index (χ2v) is 8.78. The van der Waals surface area contributed by atoms with Crippen LogP contribution in [0.4, 0.5) is 11.4 Å². The van der Waals surface area contributed by atoms with Gasteiger partial charge in [0.15, 0.2) is 0 Å². The number of ketones is 1. The maximum Gasteiger partial charge on any atom is 0.235 e. The van der Waals surface area contributed by atoms with E-state index in [-0.39, 0.29) is 12.2 Å². The van der Waals surface area contributed by atoms with Crippen LogP contribution in [0.15, 0.2) is 84.9 Å². The van der Waals surface area contributed by atoms with E-state index in [1.54, 1.807) is 60.7 Å². The summed E-state index contributed by atoms with van der Waals surface area (Å²) in [6.07, 6.45) is -0.346. The zero-order chi connectivity index (χ0) is 24.3. The Morgan fingerprint density at radius 1 is 0.824 bits per heavy atom. The molecule has 3 aromatic rings. The lowest BCUT2D eigenvalue weighted by molar-refractivity contribution is -0.150. The molecule has 1 fully saturated rings. The molecule has 1 aliphatic carbocycles. The Kier molecular flexibility index (Phi) is 6.47. The second kappa shape index (κ2) is 9.49. The predicted molar refractivity (Wildman–Crippen MR) is 128 cm³/mol. The number of carbonyl (C=O) groups excluding carboxylic acids is 3. The van der Waals surface area contributed by atoms with E-state index in [0.717, 1.165) is 0 Å². The van der Waals surface area contributed by atoms with E-state index in [9.17, 15) is 24.6 Å².